The molecule has 0 bridgehead atoms. The lowest BCUT2D eigenvalue weighted by Gasteiger charge is -2.32. The van der Waals surface area contributed by atoms with Gasteiger partial charge in [-0.2, -0.15) is 0 Å². The number of rotatable bonds is 8. The third-order valence-electron chi connectivity index (χ3n) is 4.56. The number of piperidine rings is 1. The topological polar surface area (TPSA) is 69.1 Å². The van der Waals surface area contributed by atoms with Gasteiger partial charge in [0.15, 0.2) is 5.96 Å². The summed E-state index contributed by atoms with van der Waals surface area (Å²) in [6.45, 7) is 6.82. The summed E-state index contributed by atoms with van der Waals surface area (Å²) in [4.78, 5) is 6.90. The Balaban J connectivity index is 1.83. The van der Waals surface area contributed by atoms with Crippen molar-refractivity contribution in [1.82, 2.24) is 15.5 Å². The molecule has 26 heavy (non-hydrogen) atoms. The smallest absolute Gasteiger partial charge is 0.191 e. The molecule has 1 fully saturated rings. The van der Waals surface area contributed by atoms with Crippen LogP contribution in [0, 0.1) is 5.82 Å². The average molecular weight is 366 g/mol. The number of halogens is 1. The third-order valence-corrected chi connectivity index (χ3v) is 4.56. The summed E-state index contributed by atoms with van der Waals surface area (Å²) >= 11 is 0. The lowest BCUT2D eigenvalue weighted by Crippen LogP contribution is -2.49. The van der Waals surface area contributed by atoms with E-state index in [2.05, 4.69) is 20.5 Å². The molecule has 0 aromatic heterocycles. The van der Waals surface area contributed by atoms with Crippen LogP contribution in [0.4, 0.5) is 4.39 Å². The van der Waals surface area contributed by atoms with Crippen LogP contribution in [0.5, 0.6) is 0 Å². The molecule has 2 rings (SSSR count). The number of ether oxygens (including phenoxy) is 1. The van der Waals surface area contributed by atoms with E-state index in [4.69, 9.17) is 4.74 Å². The molecule has 1 aromatic rings. The maximum absolute atomic E-state index is 13.0. The average Bonchev–Trinajstić information content (AvgIpc) is 2.66. The zero-order chi connectivity index (χ0) is 18.8. The lowest BCUT2D eigenvalue weighted by molar-refractivity contribution is 0.128. The summed E-state index contributed by atoms with van der Waals surface area (Å²) in [5.74, 6) is 0.403. The minimum atomic E-state index is -0.748. The first-order valence-electron chi connectivity index (χ1n) is 9.32. The summed E-state index contributed by atoms with van der Waals surface area (Å²) in [6, 6.07) is 6.25. The van der Waals surface area contributed by atoms with Crippen LogP contribution in [0.25, 0.3) is 0 Å². The van der Waals surface area contributed by atoms with Crippen molar-refractivity contribution in [3.63, 3.8) is 0 Å². The third kappa shape index (κ3) is 6.90. The SMILES string of the molecule is CCNC(=NCC(O)c1ccc(F)cc1)NC1CCN(CCOC)CC1. The second-order valence-corrected chi connectivity index (χ2v) is 6.54. The van der Waals surface area contributed by atoms with Crippen LogP contribution in [0.2, 0.25) is 0 Å². The standard InChI is InChI=1S/C19H31FN4O2/c1-3-21-19(22-14-18(25)15-4-6-16(20)7-5-15)23-17-8-10-24(11-9-17)12-13-26-2/h4-7,17-18,25H,3,8-14H2,1-2H3,(H2,21,22,23). The Bertz CT molecular complexity index is 545. The van der Waals surface area contributed by atoms with Gasteiger partial charge in [-0.05, 0) is 37.5 Å². The number of hydrogen-bond acceptors (Lipinski definition) is 4. The van der Waals surface area contributed by atoms with E-state index < -0.39 is 6.10 Å². The molecule has 7 heteroatoms. The van der Waals surface area contributed by atoms with Gasteiger partial charge in [-0.3, -0.25) is 4.99 Å². The summed E-state index contributed by atoms with van der Waals surface area (Å²) in [7, 11) is 1.73. The van der Waals surface area contributed by atoms with Crippen molar-refractivity contribution in [2.75, 3.05) is 46.4 Å². The molecule has 1 aromatic carbocycles. The fourth-order valence-corrected chi connectivity index (χ4v) is 3.00. The Morgan fingerprint density at radius 2 is 2.04 bits per heavy atom. The molecule has 1 aliphatic rings. The molecule has 0 radical (unpaired) electrons. The van der Waals surface area contributed by atoms with Crippen LogP contribution in [-0.2, 0) is 4.74 Å². The van der Waals surface area contributed by atoms with Crippen molar-refractivity contribution in [3.8, 4) is 0 Å². The normalized spacial score (nSPS) is 17.9. The summed E-state index contributed by atoms with van der Waals surface area (Å²) < 4.78 is 18.1. The van der Waals surface area contributed by atoms with Crippen LogP contribution in [0.1, 0.15) is 31.4 Å². The van der Waals surface area contributed by atoms with Gasteiger partial charge < -0.3 is 25.4 Å². The number of methoxy groups -OCH3 is 1. The molecule has 1 saturated heterocycles. The highest BCUT2D eigenvalue weighted by Gasteiger charge is 2.19. The van der Waals surface area contributed by atoms with E-state index in [0.717, 1.165) is 45.6 Å². The number of guanidine groups is 1. The minimum Gasteiger partial charge on any atom is -0.386 e. The zero-order valence-corrected chi connectivity index (χ0v) is 15.7. The highest BCUT2D eigenvalue weighted by atomic mass is 19.1. The van der Waals surface area contributed by atoms with Crippen molar-refractivity contribution in [2.45, 2.75) is 31.9 Å². The van der Waals surface area contributed by atoms with E-state index in [0.29, 0.717) is 17.6 Å². The van der Waals surface area contributed by atoms with Crippen LogP contribution in [0.3, 0.4) is 0 Å². The van der Waals surface area contributed by atoms with E-state index in [-0.39, 0.29) is 12.4 Å². The van der Waals surface area contributed by atoms with E-state index >= 15 is 0 Å². The minimum absolute atomic E-state index is 0.230. The van der Waals surface area contributed by atoms with E-state index in [1.807, 2.05) is 6.92 Å². The van der Waals surface area contributed by atoms with Gasteiger partial charge in [0.25, 0.3) is 0 Å². The number of aliphatic hydroxyl groups excluding tert-OH is 1. The summed E-state index contributed by atoms with van der Waals surface area (Å²) in [6.07, 6.45) is 1.35. The maximum atomic E-state index is 13.0. The van der Waals surface area contributed by atoms with Gasteiger partial charge in [0.1, 0.15) is 5.82 Å². The molecule has 0 spiro atoms. The number of nitrogens with one attached hydrogen (secondary N) is 2. The largest absolute Gasteiger partial charge is 0.386 e. The number of benzene rings is 1. The molecular weight excluding hydrogens is 335 g/mol. The monoisotopic (exact) mass is 366 g/mol. The first kappa shape index (κ1) is 20.6. The fraction of sp³-hybridized carbons (Fsp3) is 0.632. The molecule has 0 aliphatic carbocycles. The highest BCUT2D eigenvalue weighted by Crippen LogP contribution is 2.14. The predicted molar refractivity (Wildman–Crippen MR) is 102 cm³/mol. The molecule has 6 nitrogen and oxygen atoms in total. The first-order chi connectivity index (χ1) is 12.6. The Hall–Kier alpha value is -1.70. The van der Waals surface area contributed by atoms with Crippen molar-refractivity contribution in [3.05, 3.63) is 35.6 Å². The molecule has 0 saturated carbocycles. The van der Waals surface area contributed by atoms with Crippen LogP contribution < -0.4 is 10.6 Å². The van der Waals surface area contributed by atoms with E-state index in [1.165, 1.54) is 12.1 Å². The Labute approximate surface area is 155 Å². The number of likely N-dealkylation sites (tertiary alicyclic amines) is 1. The zero-order valence-electron chi connectivity index (χ0n) is 15.7. The van der Waals surface area contributed by atoms with Crippen molar-refractivity contribution >= 4 is 5.96 Å². The first-order valence-corrected chi connectivity index (χ1v) is 9.32. The molecule has 1 atom stereocenters. The maximum Gasteiger partial charge on any atom is 0.191 e. The Morgan fingerprint density at radius 1 is 1.35 bits per heavy atom. The van der Waals surface area contributed by atoms with E-state index in [9.17, 15) is 9.50 Å². The summed E-state index contributed by atoms with van der Waals surface area (Å²) in [5, 5.41) is 16.9. The molecule has 1 aliphatic heterocycles. The Kier molecular flexibility index (Phi) is 8.80. The number of aliphatic imine (C=N–C) groups is 1. The van der Waals surface area contributed by atoms with Crippen LogP contribution in [0.15, 0.2) is 29.3 Å². The quantitative estimate of drug-likeness (QED) is 0.481. The van der Waals surface area contributed by atoms with Crippen LogP contribution >= 0.6 is 0 Å². The van der Waals surface area contributed by atoms with Gasteiger partial charge in [-0.25, -0.2) is 4.39 Å². The molecule has 1 unspecified atom stereocenters. The Morgan fingerprint density at radius 3 is 2.65 bits per heavy atom. The van der Waals surface area contributed by atoms with Crippen molar-refractivity contribution < 1.29 is 14.2 Å². The van der Waals surface area contributed by atoms with Crippen molar-refractivity contribution in [2.24, 2.45) is 4.99 Å². The number of nitrogens with zero attached hydrogens (tertiary/aromatic N) is 2. The molecule has 0 amide bonds. The predicted octanol–water partition coefficient (Wildman–Crippen LogP) is 1.52. The van der Waals surface area contributed by atoms with E-state index in [1.54, 1.807) is 19.2 Å². The summed E-state index contributed by atoms with van der Waals surface area (Å²) in [5.41, 5.74) is 0.664. The van der Waals surface area contributed by atoms with Crippen LogP contribution in [-0.4, -0.2) is 68.4 Å². The molecular formula is C19H31FN4O2. The van der Waals surface area contributed by atoms with Gasteiger partial charge in [0.2, 0.25) is 0 Å². The van der Waals surface area contributed by atoms with Gasteiger partial charge in [-0.1, -0.05) is 12.1 Å². The van der Waals surface area contributed by atoms with Gasteiger partial charge in [0.05, 0.1) is 19.3 Å². The fourth-order valence-electron chi connectivity index (χ4n) is 3.00. The second-order valence-electron chi connectivity index (χ2n) is 6.54. The number of hydrogen-bond donors (Lipinski definition) is 3. The second kappa shape index (κ2) is 11.1. The number of aliphatic hydroxyl groups is 1. The molecule has 1 heterocycles. The van der Waals surface area contributed by atoms with Crippen molar-refractivity contribution in [1.29, 1.82) is 0 Å². The highest BCUT2D eigenvalue weighted by molar-refractivity contribution is 5.80. The molecule has 146 valence electrons. The van der Waals surface area contributed by atoms with Gasteiger partial charge >= 0.3 is 0 Å². The van der Waals surface area contributed by atoms with Gasteiger partial charge in [-0.15, -0.1) is 0 Å². The lowest BCUT2D eigenvalue weighted by atomic mass is 10.1. The molecule has 3 N–H and O–H groups in total. The van der Waals surface area contributed by atoms with Gasteiger partial charge in [0, 0.05) is 39.3 Å².